The van der Waals surface area contributed by atoms with Gasteiger partial charge in [0.25, 0.3) is 0 Å². The number of nitrogens with two attached hydrogens (primary N) is 1. The van der Waals surface area contributed by atoms with Gasteiger partial charge in [0.15, 0.2) is 5.78 Å². The van der Waals surface area contributed by atoms with E-state index in [2.05, 4.69) is 18.0 Å². The van der Waals surface area contributed by atoms with Crippen LogP contribution in [0.25, 0.3) is 10.9 Å². The second kappa shape index (κ2) is 4.10. The second-order valence-corrected chi connectivity index (χ2v) is 3.95. The molecule has 0 atom stereocenters. The summed E-state index contributed by atoms with van der Waals surface area (Å²) < 4.78 is 0. The number of hydrogen-bond acceptors (Lipinski definition) is 2. The van der Waals surface area contributed by atoms with Gasteiger partial charge in [0.2, 0.25) is 0 Å². The lowest BCUT2D eigenvalue weighted by Crippen LogP contribution is -2.14. The van der Waals surface area contributed by atoms with E-state index in [9.17, 15) is 4.79 Å². The number of rotatable bonds is 3. The van der Waals surface area contributed by atoms with Gasteiger partial charge in [-0.3, -0.25) is 4.79 Å². The summed E-state index contributed by atoms with van der Waals surface area (Å²) in [4.78, 5) is 14.9. The Hall–Kier alpha value is -1.61. The Morgan fingerprint density at radius 2 is 2.19 bits per heavy atom. The smallest absolute Gasteiger partial charge is 0.192 e. The van der Waals surface area contributed by atoms with E-state index in [1.165, 1.54) is 5.56 Å². The monoisotopic (exact) mass is 216 g/mol. The van der Waals surface area contributed by atoms with Crippen LogP contribution in [0.2, 0.25) is 0 Å². The number of para-hydroxylation sites is 1. The molecule has 1 aromatic carbocycles. The number of carbonyl (C=O) groups excluding carboxylic acids is 1. The SMILES string of the molecule is CCc1cccc2c(C)c(C(=O)CN)[nH]c12. The number of aryl methyl sites for hydroxylation is 2. The van der Waals surface area contributed by atoms with Crippen molar-refractivity contribution in [1.82, 2.24) is 4.98 Å². The van der Waals surface area contributed by atoms with Crippen molar-refractivity contribution in [3.63, 3.8) is 0 Å². The van der Waals surface area contributed by atoms with Gasteiger partial charge in [-0.15, -0.1) is 0 Å². The molecule has 84 valence electrons. The molecule has 0 aliphatic carbocycles. The molecule has 3 nitrogen and oxygen atoms in total. The fourth-order valence-corrected chi connectivity index (χ4v) is 2.09. The van der Waals surface area contributed by atoms with E-state index in [-0.39, 0.29) is 12.3 Å². The van der Waals surface area contributed by atoms with E-state index in [1.54, 1.807) is 0 Å². The molecule has 2 aromatic rings. The Kier molecular flexibility index (Phi) is 2.79. The summed E-state index contributed by atoms with van der Waals surface area (Å²) in [6, 6.07) is 6.14. The number of fused-ring (bicyclic) bond motifs is 1. The number of aromatic amines is 1. The zero-order valence-electron chi connectivity index (χ0n) is 9.63. The molecule has 0 saturated heterocycles. The van der Waals surface area contributed by atoms with Crippen molar-refractivity contribution in [2.24, 2.45) is 5.73 Å². The number of benzene rings is 1. The van der Waals surface area contributed by atoms with Gasteiger partial charge in [-0.25, -0.2) is 0 Å². The lowest BCUT2D eigenvalue weighted by molar-refractivity contribution is 0.0997. The van der Waals surface area contributed by atoms with Gasteiger partial charge in [0.1, 0.15) is 0 Å². The van der Waals surface area contributed by atoms with Crippen LogP contribution >= 0.6 is 0 Å². The minimum Gasteiger partial charge on any atom is -0.352 e. The molecule has 0 fully saturated rings. The van der Waals surface area contributed by atoms with Gasteiger partial charge in [0.05, 0.1) is 12.2 Å². The van der Waals surface area contributed by atoms with E-state index < -0.39 is 0 Å². The fourth-order valence-electron chi connectivity index (χ4n) is 2.09. The molecule has 0 unspecified atom stereocenters. The third kappa shape index (κ3) is 1.53. The van der Waals surface area contributed by atoms with Gasteiger partial charge < -0.3 is 10.7 Å². The summed E-state index contributed by atoms with van der Waals surface area (Å²) in [6.45, 7) is 4.12. The first-order chi connectivity index (χ1) is 7.69. The molecule has 16 heavy (non-hydrogen) atoms. The maximum absolute atomic E-state index is 11.6. The Morgan fingerprint density at radius 1 is 1.44 bits per heavy atom. The van der Waals surface area contributed by atoms with E-state index >= 15 is 0 Å². The minimum atomic E-state index is -0.0317. The van der Waals surface area contributed by atoms with Crippen LogP contribution in [0, 0.1) is 6.92 Å². The number of Topliss-reactive ketones (excluding diaryl/α,β-unsaturated/α-hetero) is 1. The van der Waals surface area contributed by atoms with Gasteiger partial charge in [-0.2, -0.15) is 0 Å². The molecule has 2 rings (SSSR count). The first-order valence-electron chi connectivity index (χ1n) is 5.52. The number of aromatic nitrogens is 1. The van der Waals surface area contributed by atoms with Crippen LogP contribution in [0.5, 0.6) is 0 Å². The maximum Gasteiger partial charge on any atom is 0.192 e. The van der Waals surface area contributed by atoms with E-state index in [1.807, 2.05) is 19.1 Å². The molecule has 3 heteroatoms. The van der Waals surface area contributed by atoms with E-state index in [0.29, 0.717) is 5.69 Å². The molecule has 0 saturated carbocycles. The summed E-state index contributed by atoms with van der Waals surface area (Å²) in [5, 5.41) is 1.12. The molecular weight excluding hydrogens is 200 g/mol. The predicted octanol–water partition coefficient (Wildman–Crippen LogP) is 2.18. The summed E-state index contributed by atoms with van der Waals surface area (Å²) in [5.41, 5.74) is 9.35. The maximum atomic E-state index is 11.6. The topological polar surface area (TPSA) is 58.9 Å². The molecule has 0 radical (unpaired) electrons. The zero-order valence-corrected chi connectivity index (χ0v) is 9.63. The molecule has 0 aliphatic heterocycles. The standard InChI is InChI=1S/C13H16N2O/c1-3-9-5-4-6-10-8(2)12(11(16)7-14)15-13(9)10/h4-6,15H,3,7,14H2,1-2H3. The van der Waals surface area contributed by atoms with Crippen molar-refractivity contribution in [1.29, 1.82) is 0 Å². The molecule has 3 N–H and O–H groups in total. The van der Waals surface area contributed by atoms with E-state index in [0.717, 1.165) is 22.9 Å². The number of H-pyrrole nitrogens is 1. The average Bonchev–Trinajstić information content (AvgIpc) is 2.66. The molecule has 0 amide bonds. The van der Waals surface area contributed by atoms with Gasteiger partial charge in [-0.05, 0) is 24.5 Å². The van der Waals surface area contributed by atoms with Crippen molar-refractivity contribution in [3.05, 3.63) is 35.0 Å². The highest BCUT2D eigenvalue weighted by molar-refractivity contribution is 6.03. The highest BCUT2D eigenvalue weighted by Gasteiger charge is 2.14. The van der Waals surface area contributed by atoms with Crippen molar-refractivity contribution < 1.29 is 4.79 Å². The third-order valence-corrected chi connectivity index (χ3v) is 3.02. The van der Waals surface area contributed by atoms with Gasteiger partial charge in [-0.1, -0.05) is 25.1 Å². The molecule has 1 aromatic heterocycles. The molecule has 1 heterocycles. The number of hydrogen-bond donors (Lipinski definition) is 2. The lowest BCUT2D eigenvalue weighted by atomic mass is 10.1. The van der Waals surface area contributed by atoms with Crippen LogP contribution in [-0.2, 0) is 6.42 Å². The van der Waals surface area contributed by atoms with Crippen molar-refractivity contribution in [2.45, 2.75) is 20.3 Å². The van der Waals surface area contributed by atoms with Crippen LogP contribution in [-0.4, -0.2) is 17.3 Å². The fraction of sp³-hybridized carbons (Fsp3) is 0.308. The Labute approximate surface area is 94.6 Å². The highest BCUT2D eigenvalue weighted by Crippen LogP contribution is 2.25. The van der Waals surface area contributed by atoms with Crippen LogP contribution in [0.4, 0.5) is 0 Å². The van der Waals surface area contributed by atoms with Crippen LogP contribution in [0.3, 0.4) is 0 Å². The van der Waals surface area contributed by atoms with Gasteiger partial charge >= 0.3 is 0 Å². The number of ketones is 1. The largest absolute Gasteiger partial charge is 0.352 e. The first kappa shape index (κ1) is 10.9. The Balaban J connectivity index is 2.72. The molecular formula is C13H16N2O. The molecule has 0 aliphatic rings. The zero-order chi connectivity index (χ0) is 11.7. The van der Waals surface area contributed by atoms with Crippen molar-refractivity contribution in [2.75, 3.05) is 6.54 Å². The van der Waals surface area contributed by atoms with Gasteiger partial charge in [0, 0.05) is 10.9 Å². The number of carbonyl (C=O) groups is 1. The minimum absolute atomic E-state index is 0.0317. The Bertz CT molecular complexity index is 540. The average molecular weight is 216 g/mol. The Morgan fingerprint density at radius 3 is 2.81 bits per heavy atom. The quantitative estimate of drug-likeness (QED) is 0.772. The second-order valence-electron chi connectivity index (χ2n) is 3.95. The van der Waals surface area contributed by atoms with E-state index in [4.69, 9.17) is 5.73 Å². The van der Waals surface area contributed by atoms with Crippen LogP contribution < -0.4 is 5.73 Å². The highest BCUT2D eigenvalue weighted by atomic mass is 16.1. The predicted molar refractivity (Wildman–Crippen MR) is 65.8 cm³/mol. The van der Waals surface area contributed by atoms with Crippen molar-refractivity contribution >= 4 is 16.7 Å². The summed E-state index contributed by atoms with van der Waals surface area (Å²) in [6.07, 6.45) is 0.952. The van der Waals surface area contributed by atoms with Crippen LogP contribution in [0.1, 0.15) is 28.5 Å². The normalized spacial score (nSPS) is 10.9. The summed E-state index contributed by atoms with van der Waals surface area (Å²) in [5.74, 6) is -0.0317. The third-order valence-electron chi connectivity index (χ3n) is 3.02. The summed E-state index contributed by atoms with van der Waals surface area (Å²) in [7, 11) is 0. The lowest BCUT2D eigenvalue weighted by Gasteiger charge is -1.98. The summed E-state index contributed by atoms with van der Waals surface area (Å²) >= 11 is 0. The van der Waals surface area contributed by atoms with Crippen LogP contribution in [0.15, 0.2) is 18.2 Å². The first-order valence-corrected chi connectivity index (χ1v) is 5.52. The van der Waals surface area contributed by atoms with Crippen molar-refractivity contribution in [3.8, 4) is 0 Å². The molecule has 0 spiro atoms. The molecule has 0 bridgehead atoms. The number of nitrogens with one attached hydrogen (secondary N) is 1.